The van der Waals surface area contributed by atoms with E-state index in [1.165, 1.54) is 43.4 Å². The van der Waals surface area contributed by atoms with Crippen molar-refractivity contribution in [2.75, 3.05) is 11.9 Å². The fourth-order valence-corrected chi connectivity index (χ4v) is 1.43. The lowest BCUT2D eigenvalue weighted by atomic mass is 10.2. The Morgan fingerprint density at radius 3 is 1.95 bits per heavy atom. The van der Waals surface area contributed by atoms with Gasteiger partial charge in [0.15, 0.2) is 0 Å². The van der Waals surface area contributed by atoms with Gasteiger partial charge in [0.25, 0.3) is 0 Å². The van der Waals surface area contributed by atoms with Crippen molar-refractivity contribution in [2.45, 2.75) is 66.7 Å². The van der Waals surface area contributed by atoms with Gasteiger partial charge in [-0.2, -0.15) is 0 Å². The molecule has 1 rings (SSSR count). The quantitative estimate of drug-likeness (QED) is 0.437. The predicted molar refractivity (Wildman–Crippen MR) is 95.6 cm³/mol. The second-order valence-electron chi connectivity index (χ2n) is 4.58. The maximum Gasteiger partial charge on any atom is 0.0340 e. The second-order valence-corrected chi connectivity index (χ2v) is 4.58. The normalized spacial score (nSPS) is 8.65. The molecule has 0 aromatic heterocycles. The van der Waals surface area contributed by atoms with Gasteiger partial charge in [-0.25, -0.2) is 0 Å². The van der Waals surface area contributed by atoms with E-state index in [0.29, 0.717) is 0 Å². The molecule has 1 heteroatoms. The molecule has 116 valence electrons. The van der Waals surface area contributed by atoms with Crippen molar-refractivity contribution in [3.05, 3.63) is 42.5 Å². The standard InChI is InChI=1S/C11H17N.C6H12.C2H6/c1-3-4-9-12-11-7-5-10(2)6-8-11;1-3-5-6-4-2;1-2/h5-8,12H,3-4,9H2,1-2H3;3H,1,4-6H2,2H3;1-2H3. The van der Waals surface area contributed by atoms with Crippen LogP contribution in [0.5, 0.6) is 0 Å². The Hall–Kier alpha value is -1.24. The summed E-state index contributed by atoms with van der Waals surface area (Å²) in [7, 11) is 0. The molecule has 1 N–H and O–H groups in total. The molecule has 0 bridgehead atoms. The van der Waals surface area contributed by atoms with E-state index < -0.39 is 0 Å². The molecule has 0 amide bonds. The number of hydrogen-bond acceptors (Lipinski definition) is 1. The molecule has 0 saturated carbocycles. The van der Waals surface area contributed by atoms with E-state index in [-0.39, 0.29) is 0 Å². The summed E-state index contributed by atoms with van der Waals surface area (Å²) < 4.78 is 0. The summed E-state index contributed by atoms with van der Waals surface area (Å²) in [5.74, 6) is 0. The van der Waals surface area contributed by atoms with Gasteiger partial charge in [-0.15, -0.1) is 6.58 Å². The molecule has 0 aliphatic heterocycles. The third kappa shape index (κ3) is 14.8. The highest BCUT2D eigenvalue weighted by atomic mass is 14.9. The Labute approximate surface area is 127 Å². The van der Waals surface area contributed by atoms with Crippen molar-refractivity contribution < 1.29 is 0 Å². The lowest BCUT2D eigenvalue weighted by Gasteiger charge is -2.04. The van der Waals surface area contributed by atoms with Crippen molar-refractivity contribution in [1.82, 2.24) is 0 Å². The molecule has 1 aromatic carbocycles. The van der Waals surface area contributed by atoms with E-state index in [4.69, 9.17) is 0 Å². The molecule has 0 aliphatic rings. The summed E-state index contributed by atoms with van der Waals surface area (Å²) in [6.07, 6.45) is 8.21. The molecule has 0 heterocycles. The summed E-state index contributed by atoms with van der Waals surface area (Å²) in [4.78, 5) is 0. The lowest BCUT2D eigenvalue weighted by molar-refractivity contribution is 0.816. The molecule has 1 aromatic rings. The number of nitrogens with one attached hydrogen (secondary N) is 1. The van der Waals surface area contributed by atoms with Gasteiger partial charge in [0.05, 0.1) is 0 Å². The Morgan fingerprint density at radius 2 is 1.55 bits per heavy atom. The Kier molecular flexibility index (Phi) is 18.7. The van der Waals surface area contributed by atoms with Gasteiger partial charge in [-0.05, 0) is 31.9 Å². The van der Waals surface area contributed by atoms with Crippen LogP contribution < -0.4 is 5.32 Å². The zero-order valence-electron chi connectivity index (χ0n) is 14.3. The number of benzene rings is 1. The van der Waals surface area contributed by atoms with E-state index in [1.54, 1.807) is 0 Å². The summed E-state index contributed by atoms with van der Waals surface area (Å²) in [5, 5.41) is 3.37. The van der Waals surface area contributed by atoms with Crippen LogP contribution in [-0.2, 0) is 0 Å². The second kappa shape index (κ2) is 17.8. The number of unbranched alkanes of at least 4 members (excludes halogenated alkanes) is 3. The Morgan fingerprint density at radius 1 is 1.00 bits per heavy atom. The maximum atomic E-state index is 3.60. The van der Waals surface area contributed by atoms with E-state index in [1.807, 2.05) is 19.9 Å². The first-order valence-electron chi connectivity index (χ1n) is 8.16. The van der Waals surface area contributed by atoms with Crippen molar-refractivity contribution >= 4 is 5.69 Å². The van der Waals surface area contributed by atoms with Crippen LogP contribution in [0.15, 0.2) is 36.9 Å². The van der Waals surface area contributed by atoms with Crippen molar-refractivity contribution in [2.24, 2.45) is 0 Å². The van der Waals surface area contributed by atoms with Crippen LogP contribution in [0.1, 0.15) is 65.4 Å². The minimum absolute atomic E-state index is 1.08. The molecular weight excluding hydrogens is 242 g/mol. The summed E-state index contributed by atoms with van der Waals surface area (Å²) in [6.45, 7) is 15.2. The first-order chi connectivity index (χ1) is 9.74. The van der Waals surface area contributed by atoms with Crippen LogP contribution in [0, 0.1) is 6.92 Å². The number of hydrogen-bond donors (Lipinski definition) is 1. The van der Waals surface area contributed by atoms with Crippen molar-refractivity contribution in [3.63, 3.8) is 0 Å². The van der Waals surface area contributed by atoms with Crippen molar-refractivity contribution in [1.29, 1.82) is 0 Å². The highest BCUT2D eigenvalue weighted by Crippen LogP contribution is 2.08. The van der Waals surface area contributed by atoms with Crippen LogP contribution in [0.25, 0.3) is 0 Å². The largest absolute Gasteiger partial charge is 0.385 e. The van der Waals surface area contributed by atoms with Gasteiger partial charge in [0.2, 0.25) is 0 Å². The molecule has 20 heavy (non-hydrogen) atoms. The molecule has 0 radical (unpaired) electrons. The van der Waals surface area contributed by atoms with Gasteiger partial charge in [0, 0.05) is 12.2 Å². The van der Waals surface area contributed by atoms with E-state index >= 15 is 0 Å². The van der Waals surface area contributed by atoms with Crippen LogP contribution >= 0.6 is 0 Å². The van der Waals surface area contributed by atoms with Gasteiger partial charge in [-0.3, -0.25) is 0 Å². The first-order valence-corrected chi connectivity index (χ1v) is 8.16. The van der Waals surface area contributed by atoms with E-state index in [9.17, 15) is 0 Å². The number of rotatable bonds is 7. The number of allylic oxidation sites excluding steroid dienone is 1. The van der Waals surface area contributed by atoms with Gasteiger partial charge in [0.1, 0.15) is 0 Å². The fourth-order valence-electron chi connectivity index (χ4n) is 1.43. The average Bonchev–Trinajstić information content (AvgIpc) is 2.50. The zero-order valence-corrected chi connectivity index (χ0v) is 14.3. The van der Waals surface area contributed by atoms with E-state index in [0.717, 1.165) is 6.54 Å². The average molecular weight is 277 g/mol. The summed E-state index contributed by atoms with van der Waals surface area (Å²) in [5.41, 5.74) is 2.55. The van der Waals surface area contributed by atoms with Gasteiger partial charge >= 0.3 is 0 Å². The van der Waals surface area contributed by atoms with E-state index in [2.05, 4.69) is 56.9 Å². The lowest BCUT2D eigenvalue weighted by Crippen LogP contribution is -2.00. The molecule has 0 unspecified atom stereocenters. The summed E-state index contributed by atoms with van der Waals surface area (Å²) in [6, 6.07) is 8.53. The summed E-state index contributed by atoms with van der Waals surface area (Å²) >= 11 is 0. The highest BCUT2D eigenvalue weighted by Gasteiger charge is 1.89. The molecular formula is C19H35N. The smallest absolute Gasteiger partial charge is 0.0340 e. The minimum Gasteiger partial charge on any atom is -0.385 e. The first kappa shape index (κ1) is 21.1. The molecule has 0 fully saturated rings. The van der Waals surface area contributed by atoms with Crippen LogP contribution in [-0.4, -0.2) is 6.54 Å². The number of aryl methyl sites for hydroxylation is 1. The minimum atomic E-state index is 1.08. The molecule has 0 aliphatic carbocycles. The number of anilines is 1. The SMILES string of the molecule is C=CCCCC.CC.CCCCNc1ccc(C)cc1. The Bertz CT molecular complexity index is 287. The topological polar surface area (TPSA) is 12.0 Å². The molecule has 0 spiro atoms. The van der Waals surface area contributed by atoms with Gasteiger partial charge < -0.3 is 5.32 Å². The fraction of sp³-hybridized carbons (Fsp3) is 0.579. The molecule has 0 saturated heterocycles. The molecule has 1 nitrogen and oxygen atoms in total. The van der Waals surface area contributed by atoms with Crippen LogP contribution in [0.4, 0.5) is 5.69 Å². The zero-order chi connectivity index (χ0) is 15.6. The maximum absolute atomic E-state index is 3.60. The van der Waals surface area contributed by atoms with Crippen LogP contribution in [0.2, 0.25) is 0 Å². The van der Waals surface area contributed by atoms with Crippen molar-refractivity contribution in [3.8, 4) is 0 Å². The third-order valence-electron chi connectivity index (χ3n) is 2.67. The van der Waals surface area contributed by atoms with Gasteiger partial charge in [-0.1, -0.05) is 70.7 Å². The molecule has 0 atom stereocenters. The monoisotopic (exact) mass is 277 g/mol. The highest BCUT2D eigenvalue weighted by molar-refractivity contribution is 5.44. The van der Waals surface area contributed by atoms with Crippen LogP contribution in [0.3, 0.4) is 0 Å². The Balaban J connectivity index is 0. The third-order valence-corrected chi connectivity index (χ3v) is 2.67. The predicted octanol–water partition coefficient (Wildman–Crippen LogP) is 6.60.